The normalized spacial score (nSPS) is 11.3. The fourth-order valence-corrected chi connectivity index (χ4v) is 4.42. The van der Waals surface area contributed by atoms with E-state index >= 15 is 0 Å². The molecule has 0 aliphatic rings. The number of aromatic carboxylic acids is 1. The molecule has 0 saturated carbocycles. The van der Waals surface area contributed by atoms with E-state index < -0.39 is 15.8 Å². The molecule has 0 heterocycles. The molecule has 0 radical (unpaired) electrons. The number of halogens is 2. The van der Waals surface area contributed by atoms with Gasteiger partial charge >= 0.3 is 5.97 Å². The van der Waals surface area contributed by atoms with Crippen molar-refractivity contribution in [1.29, 1.82) is 0 Å². The van der Waals surface area contributed by atoms with Gasteiger partial charge < -0.3 is 5.11 Å². The largest absolute Gasteiger partial charge is 0.478 e. The molecule has 21 heavy (non-hydrogen) atoms. The number of rotatable bonds is 4. The van der Waals surface area contributed by atoms with Crippen LogP contribution in [0.5, 0.6) is 0 Å². The van der Waals surface area contributed by atoms with Crippen LogP contribution in [0.15, 0.2) is 56.3 Å². The lowest BCUT2D eigenvalue weighted by atomic mass is 10.1. The summed E-state index contributed by atoms with van der Waals surface area (Å²) >= 11 is 6.46. The molecule has 2 aromatic carbocycles. The summed E-state index contributed by atoms with van der Waals surface area (Å²) in [5.74, 6) is -1.26. The Hall–Kier alpha value is -1.18. The summed E-state index contributed by atoms with van der Waals surface area (Å²) in [6, 6.07) is 10.8. The molecule has 0 atom stereocenters. The van der Waals surface area contributed by atoms with E-state index in [1.54, 1.807) is 12.1 Å². The Kier molecular flexibility index (Phi) is 4.85. The van der Waals surface area contributed by atoms with E-state index in [0.29, 0.717) is 14.5 Å². The molecule has 2 rings (SSSR count). The smallest absolute Gasteiger partial charge is 0.335 e. The zero-order chi connectivity index (χ0) is 15.6. The molecular weight excluding hydrogens is 424 g/mol. The van der Waals surface area contributed by atoms with E-state index in [4.69, 9.17) is 5.11 Å². The van der Waals surface area contributed by atoms with Crippen LogP contribution in [-0.4, -0.2) is 19.5 Å². The highest BCUT2D eigenvalue weighted by Gasteiger charge is 2.18. The third-order valence-corrected chi connectivity index (χ3v) is 5.70. The summed E-state index contributed by atoms with van der Waals surface area (Å²) < 4.78 is 25.9. The molecule has 4 nitrogen and oxygen atoms in total. The highest BCUT2D eigenvalue weighted by molar-refractivity contribution is 9.10. The van der Waals surface area contributed by atoms with Crippen LogP contribution in [0.4, 0.5) is 0 Å². The van der Waals surface area contributed by atoms with E-state index in [2.05, 4.69) is 31.9 Å². The molecule has 0 saturated heterocycles. The number of sulfone groups is 1. The molecule has 0 aliphatic heterocycles. The van der Waals surface area contributed by atoms with Crippen LogP contribution in [0.25, 0.3) is 0 Å². The Morgan fingerprint density at radius 2 is 1.81 bits per heavy atom. The van der Waals surface area contributed by atoms with E-state index in [-0.39, 0.29) is 16.2 Å². The predicted octanol–water partition coefficient (Wildman–Crippen LogP) is 3.88. The maximum atomic E-state index is 12.4. The second-order valence-electron chi connectivity index (χ2n) is 4.33. The van der Waals surface area contributed by atoms with Gasteiger partial charge in [-0.1, -0.05) is 44.0 Å². The van der Waals surface area contributed by atoms with Crippen molar-refractivity contribution in [3.05, 3.63) is 62.5 Å². The monoisotopic (exact) mass is 432 g/mol. The number of carbonyl (C=O) groups is 1. The Morgan fingerprint density at radius 3 is 2.38 bits per heavy atom. The van der Waals surface area contributed by atoms with Crippen LogP contribution >= 0.6 is 31.9 Å². The van der Waals surface area contributed by atoms with Crippen molar-refractivity contribution in [3.63, 3.8) is 0 Å². The third-order valence-electron chi connectivity index (χ3n) is 2.80. The maximum absolute atomic E-state index is 12.4. The molecule has 7 heteroatoms. The number of benzene rings is 2. The molecular formula is C14H10Br2O4S. The molecule has 0 unspecified atom stereocenters. The second kappa shape index (κ2) is 6.29. The SMILES string of the molecule is O=C(O)c1ccc(CS(=O)(=O)c2cccc(Br)c2)c(Br)c1. The Morgan fingerprint density at radius 1 is 1.10 bits per heavy atom. The van der Waals surface area contributed by atoms with Crippen molar-refractivity contribution in [2.75, 3.05) is 0 Å². The van der Waals surface area contributed by atoms with Crippen LogP contribution in [0.2, 0.25) is 0 Å². The van der Waals surface area contributed by atoms with Gasteiger partial charge in [0.2, 0.25) is 0 Å². The van der Waals surface area contributed by atoms with Gasteiger partial charge in [0.25, 0.3) is 0 Å². The minimum atomic E-state index is -3.50. The Labute approximate surface area is 139 Å². The van der Waals surface area contributed by atoms with Gasteiger partial charge in [-0.3, -0.25) is 0 Å². The third kappa shape index (κ3) is 3.93. The topological polar surface area (TPSA) is 71.4 Å². The maximum Gasteiger partial charge on any atom is 0.335 e. The van der Waals surface area contributed by atoms with E-state index in [1.807, 2.05) is 0 Å². The van der Waals surface area contributed by atoms with Gasteiger partial charge in [0.15, 0.2) is 9.84 Å². The van der Waals surface area contributed by atoms with Crippen LogP contribution in [0.1, 0.15) is 15.9 Å². The van der Waals surface area contributed by atoms with Crippen LogP contribution in [0, 0.1) is 0 Å². The quantitative estimate of drug-likeness (QED) is 0.793. The summed E-state index contributed by atoms with van der Waals surface area (Å²) in [6.45, 7) is 0. The molecule has 0 amide bonds. The second-order valence-corrected chi connectivity index (χ2v) is 8.09. The molecule has 0 aromatic heterocycles. The minimum absolute atomic E-state index is 0.102. The Balaban J connectivity index is 2.35. The summed E-state index contributed by atoms with van der Waals surface area (Å²) in [5, 5.41) is 8.90. The fraction of sp³-hybridized carbons (Fsp3) is 0.0714. The highest BCUT2D eigenvalue weighted by Crippen LogP contribution is 2.25. The molecule has 0 fully saturated rings. The lowest BCUT2D eigenvalue weighted by Crippen LogP contribution is -2.06. The van der Waals surface area contributed by atoms with Gasteiger partial charge in [-0.05, 0) is 35.9 Å². The van der Waals surface area contributed by atoms with Crippen molar-refractivity contribution in [1.82, 2.24) is 0 Å². The zero-order valence-corrected chi connectivity index (χ0v) is 14.6. The molecule has 0 spiro atoms. The van der Waals surface area contributed by atoms with Crippen LogP contribution in [-0.2, 0) is 15.6 Å². The minimum Gasteiger partial charge on any atom is -0.478 e. The standard InChI is InChI=1S/C14H10Br2O4S/c15-11-2-1-3-12(7-11)21(19,20)8-10-5-4-9(14(17)18)6-13(10)16/h1-7H,8H2,(H,17,18). The van der Waals surface area contributed by atoms with E-state index in [0.717, 1.165) is 0 Å². The predicted molar refractivity (Wildman–Crippen MR) is 86.1 cm³/mol. The molecule has 1 N–H and O–H groups in total. The van der Waals surface area contributed by atoms with Crippen molar-refractivity contribution in [3.8, 4) is 0 Å². The Bertz CT molecular complexity index is 800. The first-order valence-electron chi connectivity index (χ1n) is 5.79. The fourth-order valence-electron chi connectivity index (χ4n) is 1.75. The highest BCUT2D eigenvalue weighted by atomic mass is 79.9. The average Bonchev–Trinajstić information content (AvgIpc) is 2.40. The number of hydrogen-bond acceptors (Lipinski definition) is 3. The summed E-state index contributed by atoms with van der Waals surface area (Å²) in [5.41, 5.74) is 0.616. The van der Waals surface area contributed by atoms with Crippen molar-refractivity contribution < 1.29 is 18.3 Å². The first-order valence-corrected chi connectivity index (χ1v) is 9.03. The van der Waals surface area contributed by atoms with Gasteiger partial charge in [-0.15, -0.1) is 0 Å². The van der Waals surface area contributed by atoms with E-state index in [9.17, 15) is 13.2 Å². The summed E-state index contributed by atoms with van der Waals surface area (Å²) in [6.07, 6.45) is 0. The number of carboxylic acids is 1. The number of carboxylic acid groups (broad SMARTS) is 1. The zero-order valence-electron chi connectivity index (χ0n) is 10.6. The molecule has 0 aliphatic carbocycles. The average molecular weight is 434 g/mol. The molecule has 110 valence electrons. The van der Waals surface area contributed by atoms with Crippen LogP contribution < -0.4 is 0 Å². The van der Waals surface area contributed by atoms with Crippen molar-refractivity contribution in [2.24, 2.45) is 0 Å². The molecule has 0 bridgehead atoms. The van der Waals surface area contributed by atoms with Gasteiger partial charge in [0.05, 0.1) is 16.2 Å². The van der Waals surface area contributed by atoms with Crippen LogP contribution in [0.3, 0.4) is 0 Å². The first kappa shape index (κ1) is 16.2. The van der Waals surface area contributed by atoms with Crippen molar-refractivity contribution >= 4 is 47.7 Å². The number of hydrogen-bond donors (Lipinski definition) is 1. The summed E-state index contributed by atoms with van der Waals surface area (Å²) in [7, 11) is -3.50. The first-order chi connectivity index (χ1) is 9.79. The lowest BCUT2D eigenvalue weighted by Gasteiger charge is -2.08. The van der Waals surface area contributed by atoms with Gasteiger partial charge in [-0.25, -0.2) is 13.2 Å². The summed E-state index contributed by atoms with van der Waals surface area (Å²) in [4.78, 5) is 11.1. The molecule has 2 aromatic rings. The van der Waals surface area contributed by atoms with Gasteiger partial charge in [0.1, 0.15) is 0 Å². The van der Waals surface area contributed by atoms with E-state index in [1.165, 1.54) is 30.3 Å². The lowest BCUT2D eigenvalue weighted by molar-refractivity contribution is 0.0697. The van der Waals surface area contributed by atoms with Gasteiger partial charge in [0, 0.05) is 8.95 Å². The van der Waals surface area contributed by atoms with Gasteiger partial charge in [-0.2, -0.15) is 0 Å². The van der Waals surface area contributed by atoms with Crippen molar-refractivity contribution in [2.45, 2.75) is 10.6 Å².